The predicted octanol–water partition coefficient (Wildman–Crippen LogP) is 3.46. The summed E-state index contributed by atoms with van der Waals surface area (Å²) >= 11 is 9.62. The Labute approximate surface area is 197 Å². The molecule has 2 aliphatic heterocycles. The van der Waals surface area contributed by atoms with E-state index in [4.69, 9.17) is 16.8 Å². The second-order valence-electron chi connectivity index (χ2n) is 6.85. The van der Waals surface area contributed by atoms with Gasteiger partial charge in [0.15, 0.2) is 0 Å². The van der Waals surface area contributed by atoms with Crippen molar-refractivity contribution in [1.82, 2.24) is 4.90 Å². The molecular weight excluding hydrogens is 524 g/mol. The molecule has 0 aliphatic carbocycles. The highest BCUT2D eigenvalue weighted by Gasteiger charge is 2.42. The minimum absolute atomic E-state index is 0.141. The number of benzene rings is 2. The normalized spacial score (nSPS) is 18.8. The third-order valence-corrected chi connectivity index (χ3v) is 7.45. The van der Waals surface area contributed by atoms with Crippen molar-refractivity contribution < 1.29 is 22.6 Å². The molecule has 1 N–H and O–H groups in total. The smallest absolute Gasteiger partial charge is 0.267 e. The Kier molecular flexibility index (Phi) is 6.05. The zero-order valence-corrected chi connectivity index (χ0v) is 19.9. The van der Waals surface area contributed by atoms with Crippen LogP contribution in [0.1, 0.15) is 11.1 Å². The van der Waals surface area contributed by atoms with Gasteiger partial charge in [0.2, 0.25) is 0 Å². The summed E-state index contributed by atoms with van der Waals surface area (Å²) in [6, 6.07) is 14.9. The van der Waals surface area contributed by atoms with Gasteiger partial charge in [-0.05, 0) is 23.8 Å². The summed E-state index contributed by atoms with van der Waals surface area (Å²) in [7, 11) is -4.26. The molecule has 31 heavy (non-hydrogen) atoms. The Morgan fingerprint density at radius 2 is 1.74 bits per heavy atom. The molecular formula is C20H15BrN2O5S3. The van der Waals surface area contributed by atoms with Crippen LogP contribution in [-0.4, -0.2) is 46.3 Å². The number of nitrogens with zero attached hydrogens (tertiary/aromatic N) is 2. The molecule has 2 heterocycles. The molecule has 1 saturated heterocycles. The lowest BCUT2D eigenvalue weighted by atomic mass is 10.1. The van der Waals surface area contributed by atoms with Gasteiger partial charge in [0.25, 0.3) is 21.9 Å². The van der Waals surface area contributed by atoms with Gasteiger partial charge in [-0.3, -0.25) is 19.0 Å². The number of thiocarbonyl (C=S) groups is 1. The molecule has 2 aromatic carbocycles. The maximum absolute atomic E-state index is 13.4. The van der Waals surface area contributed by atoms with Gasteiger partial charge in [-0.15, -0.1) is 0 Å². The van der Waals surface area contributed by atoms with Crippen LogP contribution in [0.15, 0.2) is 57.9 Å². The van der Waals surface area contributed by atoms with Crippen LogP contribution in [-0.2, 0) is 26.3 Å². The van der Waals surface area contributed by atoms with Gasteiger partial charge in [0.05, 0.1) is 28.5 Å². The van der Waals surface area contributed by atoms with E-state index in [2.05, 4.69) is 15.9 Å². The summed E-state index contributed by atoms with van der Waals surface area (Å²) in [5.41, 5.74) is 2.45. The van der Waals surface area contributed by atoms with Crippen molar-refractivity contribution in [3.63, 3.8) is 0 Å². The van der Waals surface area contributed by atoms with E-state index >= 15 is 0 Å². The van der Waals surface area contributed by atoms with Crippen molar-refractivity contribution in [2.75, 3.05) is 17.2 Å². The molecule has 7 nitrogen and oxygen atoms in total. The first kappa shape index (κ1) is 22.2. The lowest BCUT2D eigenvalue weighted by Gasteiger charge is -2.17. The molecule has 0 radical (unpaired) electrons. The summed E-state index contributed by atoms with van der Waals surface area (Å²) in [6.07, 6.45) is 0. The Bertz CT molecular complexity index is 1240. The Balaban J connectivity index is 1.75. The number of carbonyl (C=O) groups excluding carboxylic acids is 2. The number of halogens is 1. The topological polar surface area (TPSA) is 95.0 Å². The highest BCUT2D eigenvalue weighted by Crippen LogP contribution is 2.45. The fourth-order valence-corrected chi connectivity index (χ4v) is 5.55. The first-order valence-corrected chi connectivity index (χ1v) is 12.7. The SMILES string of the molecule is O=C1/C(=C2\C(=O)N(Cc3ccccc3)c3ccc(Br)cc32)SC(=S)N1CCS(=O)(=O)O. The quantitative estimate of drug-likeness (QED) is 0.353. The predicted molar refractivity (Wildman–Crippen MR) is 127 cm³/mol. The van der Waals surface area contributed by atoms with Crippen LogP contribution in [0, 0.1) is 0 Å². The lowest BCUT2D eigenvalue weighted by molar-refractivity contribution is -0.122. The number of hydrogen-bond donors (Lipinski definition) is 1. The fourth-order valence-electron chi connectivity index (χ4n) is 3.39. The van der Waals surface area contributed by atoms with Crippen molar-refractivity contribution in [2.24, 2.45) is 0 Å². The van der Waals surface area contributed by atoms with E-state index in [9.17, 15) is 18.0 Å². The highest BCUT2D eigenvalue weighted by atomic mass is 79.9. The number of amides is 2. The van der Waals surface area contributed by atoms with Gasteiger partial charge in [-0.2, -0.15) is 8.42 Å². The second kappa shape index (κ2) is 8.47. The minimum Gasteiger partial charge on any atom is -0.303 e. The van der Waals surface area contributed by atoms with Crippen molar-refractivity contribution in [3.05, 3.63) is 69.0 Å². The standard InChI is InChI=1S/C20H15BrN2O5S3/c21-13-6-7-15-14(10-13)16(18(24)23(15)11-12-4-2-1-3-5-12)17-19(25)22(20(29)30-17)8-9-31(26,27)28/h1-7,10H,8-9,11H2,(H,26,27,28)/b17-16+. The van der Waals surface area contributed by atoms with E-state index in [1.54, 1.807) is 11.0 Å². The van der Waals surface area contributed by atoms with Gasteiger partial charge in [-0.1, -0.05) is 70.2 Å². The molecule has 0 unspecified atom stereocenters. The summed E-state index contributed by atoms with van der Waals surface area (Å²) < 4.78 is 32.1. The molecule has 0 aromatic heterocycles. The summed E-state index contributed by atoms with van der Waals surface area (Å²) in [5.74, 6) is -1.51. The number of rotatable bonds is 5. The Morgan fingerprint density at radius 3 is 2.42 bits per heavy atom. The van der Waals surface area contributed by atoms with Crippen LogP contribution in [0.25, 0.3) is 5.57 Å². The van der Waals surface area contributed by atoms with E-state index in [0.29, 0.717) is 17.8 Å². The summed E-state index contributed by atoms with van der Waals surface area (Å²) in [4.78, 5) is 29.3. The molecule has 11 heteroatoms. The largest absolute Gasteiger partial charge is 0.303 e. The van der Waals surface area contributed by atoms with E-state index in [1.165, 1.54) is 0 Å². The highest BCUT2D eigenvalue weighted by molar-refractivity contribution is 9.10. The maximum atomic E-state index is 13.4. The number of hydrogen-bond acceptors (Lipinski definition) is 6. The van der Waals surface area contributed by atoms with Crippen molar-refractivity contribution >= 4 is 77.4 Å². The molecule has 2 aromatic rings. The molecule has 2 aliphatic rings. The number of fused-ring (bicyclic) bond motifs is 1. The minimum atomic E-state index is -4.26. The van der Waals surface area contributed by atoms with Crippen LogP contribution >= 0.6 is 39.9 Å². The maximum Gasteiger partial charge on any atom is 0.267 e. The Morgan fingerprint density at radius 1 is 1.03 bits per heavy atom. The van der Waals surface area contributed by atoms with E-state index in [1.807, 2.05) is 42.5 Å². The molecule has 0 bridgehead atoms. The molecule has 0 saturated carbocycles. The molecule has 4 rings (SSSR count). The fraction of sp³-hybridized carbons (Fsp3) is 0.150. The average molecular weight is 539 g/mol. The monoisotopic (exact) mass is 538 g/mol. The molecule has 0 atom stereocenters. The number of carbonyl (C=O) groups is 2. The van der Waals surface area contributed by atoms with Gasteiger partial charge in [-0.25, -0.2) is 0 Å². The second-order valence-corrected chi connectivity index (χ2v) is 11.0. The van der Waals surface area contributed by atoms with Gasteiger partial charge < -0.3 is 4.90 Å². The van der Waals surface area contributed by atoms with Crippen LogP contribution in [0.4, 0.5) is 5.69 Å². The van der Waals surface area contributed by atoms with Crippen LogP contribution in [0.3, 0.4) is 0 Å². The lowest BCUT2D eigenvalue weighted by Crippen LogP contribution is -2.33. The van der Waals surface area contributed by atoms with Crippen LogP contribution in [0.2, 0.25) is 0 Å². The van der Waals surface area contributed by atoms with Crippen molar-refractivity contribution in [1.29, 1.82) is 0 Å². The van der Waals surface area contributed by atoms with Gasteiger partial charge >= 0.3 is 0 Å². The molecule has 2 amide bonds. The number of anilines is 1. The van der Waals surface area contributed by atoms with Gasteiger partial charge in [0.1, 0.15) is 4.32 Å². The number of thioether (sulfide) groups is 1. The first-order chi connectivity index (χ1) is 14.7. The van der Waals surface area contributed by atoms with Crippen molar-refractivity contribution in [3.8, 4) is 0 Å². The summed E-state index contributed by atoms with van der Waals surface area (Å²) in [5, 5.41) is 0. The average Bonchev–Trinajstić information content (AvgIpc) is 3.13. The molecule has 0 spiro atoms. The van der Waals surface area contributed by atoms with Gasteiger partial charge in [0, 0.05) is 16.6 Å². The summed E-state index contributed by atoms with van der Waals surface area (Å²) in [6.45, 7) is 0.0500. The third kappa shape index (κ3) is 4.46. The van der Waals surface area contributed by atoms with Crippen LogP contribution < -0.4 is 4.90 Å². The van der Waals surface area contributed by atoms with Crippen LogP contribution in [0.5, 0.6) is 0 Å². The van der Waals surface area contributed by atoms with E-state index in [0.717, 1.165) is 26.7 Å². The van der Waals surface area contributed by atoms with Crippen molar-refractivity contribution in [2.45, 2.75) is 6.54 Å². The zero-order chi connectivity index (χ0) is 22.3. The van der Waals surface area contributed by atoms with E-state index in [-0.39, 0.29) is 27.3 Å². The molecule has 160 valence electrons. The Hall–Kier alpha value is -2.05. The van der Waals surface area contributed by atoms with E-state index < -0.39 is 21.8 Å². The molecule has 1 fully saturated rings. The zero-order valence-electron chi connectivity index (χ0n) is 15.8. The third-order valence-electron chi connectivity index (χ3n) is 4.81. The first-order valence-electron chi connectivity index (χ1n) is 9.04.